The number of anilines is 3. The Balaban J connectivity index is 0.970. The van der Waals surface area contributed by atoms with Gasteiger partial charge in [0.2, 0.25) is 0 Å². The predicted molar refractivity (Wildman–Crippen MR) is 260 cm³/mol. The number of benzene rings is 9. The normalized spacial score (nSPS) is 14.1. The molecule has 0 radical (unpaired) electrons. The van der Waals surface area contributed by atoms with Gasteiger partial charge in [0.1, 0.15) is 11.2 Å². The molecule has 62 heavy (non-hydrogen) atoms. The molecule has 296 valence electrons. The van der Waals surface area contributed by atoms with Crippen molar-refractivity contribution in [1.29, 1.82) is 0 Å². The molecular formula is C60H45NO. The SMILES string of the molecule is CC1(C)c2ccccc2-c2ccc(N(c3ccc(-c4cccc5c4C(C)(C)c4ccccc4-5)cc3)c3ccc(-c4cccc5c4oc4c(-c6ccccc6)cccc45)cc3)cc21. The molecule has 2 aliphatic carbocycles. The highest BCUT2D eigenvalue weighted by Crippen LogP contribution is 2.53. The maximum Gasteiger partial charge on any atom is 0.143 e. The molecule has 0 atom stereocenters. The molecule has 2 nitrogen and oxygen atoms in total. The van der Waals surface area contributed by atoms with Crippen LogP contribution in [0.4, 0.5) is 17.1 Å². The molecule has 0 bridgehead atoms. The summed E-state index contributed by atoms with van der Waals surface area (Å²) in [4.78, 5) is 2.41. The Morgan fingerprint density at radius 1 is 0.323 bits per heavy atom. The number of hydrogen-bond donors (Lipinski definition) is 0. The molecule has 12 rings (SSSR count). The van der Waals surface area contributed by atoms with Gasteiger partial charge in [0.15, 0.2) is 0 Å². The fourth-order valence-corrected chi connectivity index (χ4v) is 10.8. The third-order valence-electron chi connectivity index (χ3n) is 13.9. The second kappa shape index (κ2) is 13.5. The summed E-state index contributed by atoms with van der Waals surface area (Å²) in [7, 11) is 0. The number of furan rings is 1. The molecule has 1 heterocycles. The van der Waals surface area contributed by atoms with E-state index >= 15 is 0 Å². The van der Waals surface area contributed by atoms with Crippen molar-refractivity contribution in [3.63, 3.8) is 0 Å². The van der Waals surface area contributed by atoms with Crippen LogP contribution in [0.15, 0.2) is 205 Å². The van der Waals surface area contributed by atoms with Crippen molar-refractivity contribution in [3.05, 3.63) is 222 Å². The van der Waals surface area contributed by atoms with Gasteiger partial charge in [-0.2, -0.15) is 0 Å². The highest BCUT2D eigenvalue weighted by molar-refractivity contribution is 6.13. The van der Waals surface area contributed by atoms with E-state index < -0.39 is 0 Å². The van der Waals surface area contributed by atoms with Crippen molar-refractivity contribution < 1.29 is 4.42 Å². The molecule has 2 heteroatoms. The van der Waals surface area contributed by atoms with Gasteiger partial charge in [0.25, 0.3) is 0 Å². The van der Waals surface area contributed by atoms with Crippen LogP contribution in [0.2, 0.25) is 0 Å². The lowest BCUT2D eigenvalue weighted by Crippen LogP contribution is -2.16. The van der Waals surface area contributed by atoms with Crippen LogP contribution >= 0.6 is 0 Å². The summed E-state index contributed by atoms with van der Waals surface area (Å²) in [5, 5.41) is 2.25. The summed E-state index contributed by atoms with van der Waals surface area (Å²) < 4.78 is 6.82. The van der Waals surface area contributed by atoms with Crippen molar-refractivity contribution in [2.75, 3.05) is 4.90 Å². The molecule has 2 aliphatic rings. The highest BCUT2D eigenvalue weighted by atomic mass is 16.3. The molecular weight excluding hydrogens is 751 g/mol. The molecule has 0 N–H and O–H groups in total. The largest absolute Gasteiger partial charge is 0.455 e. The Morgan fingerprint density at radius 3 is 1.39 bits per heavy atom. The molecule has 0 fully saturated rings. The molecule has 0 saturated carbocycles. The Kier molecular flexibility index (Phi) is 7.96. The number of nitrogens with zero attached hydrogens (tertiary/aromatic N) is 1. The monoisotopic (exact) mass is 795 g/mol. The van der Waals surface area contributed by atoms with Crippen molar-refractivity contribution in [1.82, 2.24) is 0 Å². The van der Waals surface area contributed by atoms with Gasteiger partial charge in [-0.15, -0.1) is 0 Å². The fraction of sp³-hybridized carbons (Fsp3) is 0.100. The van der Waals surface area contributed by atoms with Crippen molar-refractivity contribution >= 4 is 39.0 Å². The summed E-state index contributed by atoms with van der Waals surface area (Å²) in [6.45, 7) is 9.44. The quantitative estimate of drug-likeness (QED) is 0.167. The first-order valence-electron chi connectivity index (χ1n) is 21.8. The molecule has 0 spiro atoms. The summed E-state index contributed by atoms with van der Waals surface area (Å²) in [6.07, 6.45) is 0. The average Bonchev–Trinajstić information content (AvgIpc) is 3.90. The van der Waals surface area contributed by atoms with Crippen molar-refractivity contribution in [2.45, 2.75) is 38.5 Å². The zero-order valence-corrected chi connectivity index (χ0v) is 35.4. The Morgan fingerprint density at radius 2 is 0.758 bits per heavy atom. The Bertz CT molecular complexity index is 3390. The maximum atomic E-state index is 6.82. The van der Waals surface area contributed by atoms with Gasteiger partial charge >= 0.3 is 0 Å². The zero-order valence-electron chi connectivity index (χ0n) is 35.4. The van der Waals surface area contributed by atoms with E-state index in [0.717, 1.165) is 61.3 Å². The van der Waals surface area contributed by atoms with Crippen LogP contribution < -0.4 is 4.90 Å². The summed E-state index contributed by atoms with van der Waals surface area (Å²) in [6, 6.07) is 73.3. The van der Waals surface area contributed by atoms with Gasteiger partial charge in [0, 0.05) is 49.8 Å². The van der Waals surface area contributed by atoms with Gasteiger partial charge in [0.05, 0.1) is 0 Å². The smallest absolute Gasteiger partial charge is 0.143 e. The van der Waals surface area contributed by atoms with Crippen LogP contribution in [0, 0.1) is 0 Å². The van der Waals surface area contributed by atoms with Crippen LogP contribution in [0.5, 0.6) is 0 Å². The lowest BCUT2D eigenvalue weighted by Gasteiger charge is -2.29. The first-order valence-corrected chi connectivity index (χ1v) is 21.8. The fourth-order valence-electron chi connectivity index (χ4n) is 10.8. The van der Waals surface area contributed by atoms with E-state index in [9.17, 15) is 0 Å². The van der Waals surface area contributed by atoms with E-state index in [2.05, 4.69) is 233 Å². The minimum atomic E-state index is -0.120. The van der Waals surface area contributed by atoms with Crippen molar-refractivity contribution in [3.8, 4) is 55.6 Å². The lowest BCUT2D eigenvalue weighted by molar-refractivity contribution is 0.660. The van der Waals surface area contributed by atoms with Gasteiger partial charge < -0.3 is 9.32 Å². The number of hydrogen-bond acceptors (Lipinski definition) is 2. The van der Waals surface area contributed by atoms with Gasteiger partial charge in [-0.1, -0.05) is 191 Å². The third kappa shape index (κ3) is 5.36. The lowest BCUT2D eigenvalue weighted by atomic mass is 9.79. The zero-order chi connectivity index (χ0) is 41.7. The van der Waals surface area contributed by atoms with Crippen LogP contribution in [-0.2, 0) is 10.8 Å². The van der Waals surface area contributed by atoms with Crippen LogP contribution in [0.1, 0.15) is 49.9 Å². The predicted octanol–water partition coefficient (Wildman–Crippen LogP) is 16.7. The molecule has 10 aromatic rings. The number of fused-ring (bicyclic) bond motifs is 9. The maximum absolute atomic E-state index is 6.82. The molecule has 0 saturated heterocycles. The van der Waals surface area contributed by atoms with Crippen LogP contribution in [-0.4, -0.2) is 0 Å². The van der Waals surface area contributed by atoms with E-state index in [1.54, 1.807) is 0 Å². The van der Waals surface area contributed by atoms with Crippen molar-refractivity contribution in [2.24, 2.45) is 0 Å². The van der Waals surface area contributed by atoms with E-state index in [0.29, 0.717) is 0 Å². The minimum absolute atomic E-state index is 0.0966. The van der Waals surface area contributed by atoms with Gasteiger partial charge in [-0.05, 0) is 103 Å². The second-order valence-corrected chi connectivity index (χ2v) is 18.1. The number of rotatable bonds is 6. The Labute approximate surface area is 363 Å². The van der Waals surface area contributed by atoms with E-state index in [1.807, 2.05) is 0 Å². The molecule has 0 amide bonds. The van der Waals surface area contributed by atoms with E-state index in [1.165, 1.54) is 55.6 Å². The summed E-state index contributed by atoms with van der Waals surface area (Å²) >= 11 is 0. The first-order chi connectivity index (χ1) is 30.3. The summed E-state index contributed by atoms with van der Waals surface area (Å²) in [5.74, 6) is 0. The van der Waals surface area contributed by atoms with E-state index in [-0.39, 0.29) is 10.8 Å². The molecule has 9 aromatic carbocycles. The minimum Gasteiger partial charge on any atom is -0.455 e. The van der Waals surface area contributed by atoms with Gasteiger partial charge in [-0.25, -0.2) is 0 Å². The van der Waals surface area contributed by atoms with E-state index in [4.69, 9.17) is 4.42 Å². The molecule has 1 aromatic heterocycles. The highest BCUT2D eigenvalue weighted by Gasteiger charge is 2.38. The second-order valence-electron chi connectivity index (χ2n) is 18.1. The average molecular weight is 796 g/mol. The standard InChI is InChI=1S/C60H45NO/c1-59(2)53-25-10-8-17-47(53)49-36-35-43(37-55(49)59)61(41-31-27-39(28-32-41)44-19-12-22-50-48-18-9-11-26-54(48)60(3,4)56(44)50)42-33-29-40(30-34-42)46-21-14-24-52-51-23-13-20-45(57(51)62-58(46)52)38-15-6-5-7-16-38/h5-37H,1-4H3. The third-order valence-corrected chi connectivity index (χ3v) is 13.9. The van der Waals surface area contributed by atoms with Crippen LogP contribution in [0.25, 0.3) is 77.6 Å². The topological polar surface area (TPSA) is 16.4 Å². The molecule has 0 aliphatic heterocycles. The first kappa shape index (κ1) is 36.4. The van der Waals surface area contributed by atoms with Gasteiger partial charge in [-0.3, -0.25) is 0 Å². The van der Waals surface area contributed by atoms with Crippen LogP contribution in [0.3, 0.4) is 0 Å². The Hall–Kier alpha value is -7.42. The summed E-state index contributed by atoms with van der Waals surface area (Å²) in [5.41, 5.74) is 22.8. The molecule has 0 unspecified atom stereocenters. The number of para-hydroxylation sites is 2.